The van der Waals surface area contributed by atoms with Gasteiger partial charge in [-0.05, 0) is 61.7 Å². The molecule has 2 N–H and O–H groups in total. The molecule has 2 aromatic carbocycles. The fourth-order valence-corrected chi connectivity index (χ4v) is 4.99. The van der Waals surface area contributed by atoms with E-state index in [0.717, 1.165) is 28.1 Å². The van der Waals surface area contributed by atoms with Crippen molar-refractivity contribution in [3.8, 4) is 0 Å². The Balaban J connectivity index is 1.35. The van der Waals surface area contributed by atoms with Crippen molar-refractivity contribution in [3.63, 3.8) is 0 Å². The predicted octanol–water partition coefficient (Wildman–Crippen LogP) is 3.96. The molecule has 34 heavy (non-hydrogen) atoms. The first-order valence-electron chi connectivity index (χ1n) is 11.5. The van der Waals surface area contributed by atoms with Crippen LogP contribution in [0.3, 0.4) is 0 Å². The predicted molar refractivity (Wildman–Crippen MR) is 130 cm³/mol. The first-order chi connectivity index (χ1) is 16.4. The normalized spacial score (nSPS) is 18.3. The van der Waals surface area contributed by atoms with Crippen LogP contribution in [0.5, 0.6) is 0 Å². The Kier molecular flexibility index (Phi) is 6.29. The van der Waals surface area contributed by atoms with Crippen molar-refractivity contribution in [1.82, 2.24) is 9.97 Å². The molecule has 0 unspecified atom stereocenters. The fourth-order valence-electron chi connectivity index (χ4n) is 4.81. The number of halogens is 1. The molecule has 1 aromatic heterocycles. The number of hydrogen-bond donors (Lipinski definition) is 2. The van der Waals surface area contributed by atoms with Crippen LogP contribution in [0.25, 0.3) is 11.0 Å². The molecular weight excluding hydrogens is 456 g/mol. The zero-order chi connectivity index (χ0) is 23.7. The highest BCUT2D eigenvalue weighted by Crippen LogP contribution is 2.38. The number of imidazole rings is 1. The Morgan fingerprint density at radius 2 is 2.00 bits per heavy atom. The molecule has 0 atom stereocenters. The number of carbonyl (C=O) groups excluding carboxylic acids is 2. The lowest BCUT2D eigenvalue weighted by molar-refractivity contribution is -0.125. The van der Waals surface area contributed by atoms with Crippen LogP contribution < -0.4 is 10.2 Å². The zero-order valence-corrected chi connectivity index (χ0v) is 19.8. The summed E-state index contributed by atoms with van der Waals surface area (Å²) >= 11 is 6.14. The van der Waals surface area contributed by atoms with Crippen molar-refractivity contribution in [2.24, 2.45) is 0 Å². The summed E-state index contributed by atoms with van der Waals surface area (Å²) in [6.07, 6.45) is 1.68. The standard InChI is InChI=1S/C25H27ClN4O4/c1-16-12-18(3-5-21(16)30-8-11-34-15-23(30)32)27-22(31)14-25(6-9-33-10-7-25)24-28-19-4-2-17(26)13-20(19)29-24/h2-5,12-13H,6-11,14-15H2,1H3,(H,27,31)(H,28,29). The second kappa shape index (κ2) is 9.37. The van der Waals surface area contributed by atoms with Crippen LogP contribution in [0.15, 0.2) is 36.4 Å². The van der Waals surface area contributed by atoms with Gasteiger partial charge >= 0.3 is 0 Å². The van der Waals surface area contributed by atoms with Gasteiger partial charge in [0.2, 0.25) is 5.91 Å². The van der Waals surface area contributed by atoms with Gasteiger partial charge in [-0.15, -0.1) is 0 Å². The second-order valence-corrected chi connectivity index (χ2v) is 9.40. The minimum Gasteiger partial charge on any atom is -0.381 e. The number of rotatable bonds is 5. The fraction of sp³-hybridized carbons (Fsp3) is 0.400. The molecule has 3 heterocycles. The Labute approximate surface area is 202 Å². The van der Waals surface area contributed by atoms with E-state index in [0.29, 0.717) is 49.9 Å². The Morgan fingerprint density at radius 3 is 2.76 bits per heavy atom. The van der Waals surface area contributed by atoms with Gasteiger partial charge in [0, 0.05) is 48.0 Å². The van der Waals surface area contributed by atoms with Gasteiger partial charge in [0.15, 0.2) is 0 Å². The Bertz CT molecular complexity index is 1230. The van der Waals surface area contributed by atoms with Gasteiger partial charge in [0.05, 0.1) is 17.6 Å². The Morgan fingerprint density at radius 1 is 1.18 bits per heavy atom. The smallest absolute Gasteiger partial charge is 0.253 e. The van der Waals surface area contributed by atoms with E-state index in [4.69, 9.17) is 26.1 Å². The van der Waals surface area contributed by atoms with Crippen molar-refractivity contribution < 1.29 is 19.1 Å². The van der Waals surface area contributed by atoms with Crippen molar-refractivity contribution in [3.05, 3.63) is 52.8 Å². The maximum absolute atomic E-state index is 13.2. The van der Waals surface area contributed by atoms with E-state index in [2.05, 4.69) is 10.3 Å². The molecule has 9 heteroatoms. The second-order valence-electron chi connectivity index (χ2n) is 8.96. The molecule has 178 valence electrons. The van der Waals surface area contributed by atoms with Crippen molar-refractivity contribution in [1.29, 1.82) is 0 Å². The molecule has 0 bridgehead atoms. The number of hydrogen-bond acceptors (Lipinski definition) is 5. The molecule has 0 spiro atoms. The Hall–Kier alpha value is -2.94. The number of nitrogens with zero attached hydrogens (tertiary/aromatic N) is 2. The molecule has 2 amide bonds. The lowest BCUT2D eigenvalue weighted by atomic mass is 9.76. The molecule has 5 rings (SSSR count). The number of benzene rings is 2. The molecule has 0 saturated carbocycles. The largest absolute Gasteiger partial charge is 0.381 e. The van der Waals surface area contributed by atoms with Crippen LogP contribution in [0.1, 0.15) is 30.7 Å². The molecule has 2 saturated heterocycles. The third kappa shape index (κ3) is 4.53. The van der Waals surface area contributed by atoms with Crippen LogP contribution in [0, 0.1) is 6.92 Å². The highest BCUT2D eigenvalue weighted by molar-refractivity contribution is 6.31. The summed E-state index contributed by atoms with van der Waals surface area (Å²) in [5.74, 6) is 0.648. The minimum absolute atomic E-state index is 0.0558. The first kappa shape index (κ1) is 22.8. The summed E-state index contributed by atoms with van der Waals surface area (Å²) in [5.41, 5.74) is 3.71. The van der Waals surface area contributed by atoms with E-state index < -0.39 is 5.41 Å². The van der Waals surface area contributed by atoms with Crippen LogP contribution in [-0.2, 0) is 24.5 Å². The summed E-state index contributed by atoms with van der Waals surface area (Å²) in [6, 6.07) is 11.2. The minimum atomic E-state index is -0.441. The topological polar surface area (TPSA) is 96.6 Å². The number of aryl methyl sites for hydroxylation is 1. The molecule has 8 nitrogen and oxygen atoms in total. The quantitative estimate of drug-likeness (QED) is 0.573. The third-order valence-electron chi connectivity index (χ3n) is 6.65. The lowest BCUT2D eigenvalue weighted by Crippen LogP contribution is -2.42. The van der Waals surface area contributed by atoms with Gasteiger partial charge in [-0.1, -0.05) is 11.6 Å². The summed E-state index contributed by atoms with van der Waals surface area (Å²) < 4.78 is 10.8. The summed E-state index contributed by atoms with van der Waals surface area (Å²) in [5, 5.41) is 3.68. The molecule has 2 fully saturated rings. The highest BCUT2D eigenvalue weighted by Gasteiger charge is 2.39. The number of aromatic nitrogens is 2. The van der Waals surface area contributed by atoms with Crippen LogP contribution >= 0.6 is 11.6 Å². The number of aromatic amines is 1. The van der Waals surface area contributed by atoms with E-state index >= 15 is 0 Å². The van der Waals surface area contributed by atoms with Gasteiger partial charge in [0.1, 0.15) is 12.4 Å². The lowest BCUT2D eigenvalue weighted by Gasteiger charge is -2.35. The maximum atomic E-state index is 13.2. The first-order valence-corrected chi connectivity index (χ1v) is 11.8. The van der Waals surface area contributed by atoms with Gasteiger partial charge in [-0.25, -0.2) is 4.98 Å². The summed E-state index contributed by atoms with van der Waals surface area (Å²) in [4.78, 5) is 35.3. The molecule has 2 aliphatic rings. The number of anilines is 2. The number of fused-ring (bicyclic) bond motifs is 1. The summed E-state index contributed by atoms with van der Waals surface area (Å²) in [7, 11) is 0. The van der Waals surface area contributed by atoms with Crippen LogP contribution in [-0.4, -0.2) is 54.8 Å². The highest BCUT2D eigenvalue weighted by atomic mass is 35.5. The average Bonchev–Trinajstić information content (AvgIpc) is 3.24. The van der Waals surface area contributed by atoms with Crippen molar-refractivity contribution in [2.45, 2.75) is 31.6 Å². The van der Waals surface area contributed by atoms with Crippen LogP contribution in [0.2, 0.25) is 5.02 Å². The van der Waals surface area contributed by atoms with Gasteiger partial charge in [-0.2, -0.15) is 0 Å². The number of nitrogens with one attached hydrogen (secondary N) is 2. The van der Waals surface area contributed by atoms with E-state index in [1.165, 1.54) is 0 Å². The number of ether oxygens (including phenoxy) is 2. The molecule has 3 aromatic rings. The average molecular weight is 483 g/mol. The number of morpholine rings is 1. The third-order valence-corrected chi connectivity index (χ3v) is 6.89. The van der Waals surface area contributed by atoms with Gasteiger partial charge in [-0.3, -0.25) is 9.59 Å². The maximum Gasteiger partial charge on any atom is 0.253 e. The van der Waals surface area contributed by atoms with Crippen molar-refractivity contribution in [2.75, 3.05) is 43.2 Å². The molecular formula is C25H27ClN4O4. The van der Waals surface area contributed by atoms with Gasteiger partial charge in [0.25, 0.3) is 5.91 Å². The van der Waals surface area contributed by atoms with Crippen molar-refractivity contribution >= 4 is 45.8 Å². The molecule has 0 radical (unpaired) electrons. The van der Waals surface area contributed by atoms with E-state index in [1.54, 1.807) is 4.90 Å². The monoisotopic (exact) mass is 482 g/mol. The van der Waals surface area contributed by atoms with Gasteiger partial charge < -0.3 is 24.7 Å². The number of amides is 2. The van der Waals surface area contributed by atoms with E-state index in [1.807, 2.05) is 43.3 Å². The molecule has 0 aliphatic carbocycles. The van der Waals surface area contributed by atoms with Crippen LogP contribution in [0.4, 0.5) is 11.4 Å². The van der Waals surface area contributed by atoms with E-state index in [-0.39, 0.29) is 24.8 Å². The number of H-pyrrole nitrogens is 1. The molecule has 2 aliphatic heterocycles. The summed E-state index contributed by atoms with van der Waals surface area (Å²) in [6.45, 7) is 4.23. The van der Waals surface area contributed by atoms with E-state index in [9.17, 15) is 9.59 Å². The zero-order valence-electron chi connectivity index (χ0n) is 19.0. The number of carbonyl (C=O) groups is 2. The SMILES string of the molecule is Cc1cc(NC(=O)CC2(c3nc4ccc(Cl)cc4[nH]3)CCOCC2)ccc1N1CCOCC1=O.